The fourth-order valence-corrected chi connectivity index (χ4v) is 3.11. The molecule has 1 saturated carbocycles. The highest BCUT2D eigenvalue weighted by Gasteiger charge is 2.27. The lowest BCUT2D eigenvalue weighted by Crippen LogP contribution is -2.52. The number of amides is 1. The van der Waals surface area contributed by atoms with Crippen LogP contribution in [0.25, 0.3) is 0 Å². The number of rotatable bonds is 3. The number of carbonyl (C=O) groups is 1. The van der Waals surface area contributed by atoms with Crippen LogP contribution in [0, 0.1) is 22.0 Å². The molecule has 0 spiro atoms. The molecule has 1 aliphatic carbocycles. The van der Waals surface area contributed by atoms with E-state index in [1.165, 1.54) is 37.1 Å². The molecular formula is C16H22N4O3S. The summed E-state index contributed by atoms with van der Waals surface area (Å²) in [5.41, 5.74) is 5.45. The second-order valence-electron chi connectivity index (χ2n) is 6.23. The highest BCUT2D eigenvalue weighted by molar-refractivity contribution is 7.80. The van der Waals surface area contributed by atoms with Crippen LogP contribution >= 0.6 is 12.2 Å². The minimum absolute atomic E-state index is 0.0582. The van der Waals surface area contributed by atoms with Gasteiger partial charge < -0.3 is 5.32 Å². The van der Waals surface area contributed by atoms with E-state index >= 15 is 0 Å². The van der Waals surface area contributed by atoms with Crippen LogP contribution in [0.2, 0.25) is 0 Å². The first-order valence-corrected chi connectivity index (χ1v) is 8.40. The smallest absolute Gasteiger partial charge is 0.269 e. The van der Waals surface area contributed by atoms with Crippen LogP contribution in [0.4, 0.5) is 5.69 Å². The van der Waals surface area contributed by atoms with Gasteiger partial charge in [0.05, 0.1) is 4.92 Å². The lowest BCUT2D eigenvalue weighted by atomic mass is 9.78. The summed E-state index contributed by atoms with van der Waals surface area (Å²) in [7, 11) is 0. The maximum atomic E-state index is 12.0. The van der Waals surface area contributed by atoms with E-state index in [0.717, 1.165) is 6.42 Å². The summed E-state index contributed by atoms with van der Waals surface area (Å²) in [6.45, 7) is 4.45. The third kappa shape index (κ3) is 4.64. The molecule has 0 radical (unpaired) electrons. The summed E-state index contributed by atoms with van der Waals surface area (Å²) in [6.07, 6.45) is 3.46. The predicted molar refractivity (Wildman–Crippen MR) is 95.4 cm³/mol. The monoisotopic (exact) mass is 350 g/mol. The van der Waals surface area contributed by atoms with Crippen LogP contribution in [0.1, 0.15) is 43.5 Å². The number of nitro benzene ring substituents is 1. The number of benzene rings is 1. The molecule has 7 nitrogen and oxygen atoms in total. The van der Waals surface area contributed by atoms with Gasteiger partial charge in [-0.1, -0.05) is 26.7 Å². The predicted octanol–water partition coefficient (Wildman–Crippen LogP) is 2.53. The van der Waals surface area contributed by atoms with Crippen LogP contribution in [-0.4, -0.2) is 22.0 Å². The Morgan fingerprint density at radius 1 is 1.21 bits per heavy atom. The molecule has 3 atom stereocenters. The summed E-state index contributed by atoms with van der Waals surface area (Å²) in [5, 5.41) is 14.2. The van der Waals surface area contributed by atoms with Crippen LogP contribution in [0.5, 0.6) is 0 Å². The number of nitrogens with one attached hydrogen (secondary N) is 3. The third-order valence-electron chi connectivity index (χ3n) is 4.65. The van der Waals surface area contributed by atoms with Crippen LogP contribution in [0.3, 0.4) is 0 Å². The SMILES string of the molecule is C[C@@H]1[C@H](C)CCC[C@@H]1NC(=S)NNC(=O)c1ccc([N+](=O)[O-])cc1. The van der Waals surface area contributed by atoms with Gasteiger partial charge in [-0.3, -0.25) is 25.8 Å². The lowest BCUT2D eigenvalue weighted by molar-refractivity contribution is -0.384. The maximum Gasteiger partial charge on any atom is 0.269 e. The van der Waals surface area contributed by atoms with Crippen molar-refractivity contribution in [3.63, 3.8) is 0 Å². The van der Waals surface area contributed by atoms with Gasteiger partial charge >= 0.3 is 0 Å². The molecule has 0 saturated heterocycles. The Labute approximate surface area is 146 Å². The van der Waals surface area contributed by atoms with Crippen molar-refractivity contribution in [1.82, 2.24) is 16.2 Å². The molecule has 2 rings (SSSR count). The zero-order valence-corrected chi connectivity index (χ0v) is 14.6. The van der Waals surface area contributed by atoms with E-state index in [9.17, 15) is 14.9 Å². The molecule has 0 heterocycles. The van der Waals surface area contributed by atoms with Gasteiger partial charge in [0.2, 0.25) is 0 Å². The van der Waals surface area contributed by atoms with Gasteiger partial charge in [-0.25, -0.2) is 0 Å². The summed E-state index contributed by atoms with van der Waals surface area (Å²) >= 11 is 5.22. The molecule has 0 aromatic heterocycles. The Morgan fingerprint density at radius 2 is 1.88 bits per heavy atom. The number of hydrazine groups is 1. The first-order valence-electron chi connectivity index (χ1n) is 7.99. The van der Waals surface area contributed by atoms with Crippen LogP contribution < -0.4 is 16.2 Å². The number of hydrogen-bond donors (Lipinski definition) is 3. The second-order valence-corrected chi connectivity index (χ2v) is 6.64. The van der Waals surface area contributed by atoms with E-state index in [1.807, 2.05) is 0 Å². The zero-order valence-electron chi connectivity index (χ0n) is 13.7. The van der Waals surface area contributed by atoms with E-state index in [4.69, 9.17) is 12.2 Å². The van der Waals surface area contributed by atoms with Crippen molar-refractivity contribution in [2.24, 2.45) is 11.8 Å². The third-order valence-corrected chi connectivity index (χ3v) is 4.87. The minimum atomic E-state index is -0.509. The molecule has 1 fully saturated rings. The number of thiocarbonyl (C=S) groups is 1. The molecule has 0 unspecified atom stereocenters. The maximum absolute atomic E-state index is 12.0. The normalized spacial score (nSPS) is 23.2. The van der Waals surface area contributed by atoms with Gasteiger partial charge in [-0.2, -0.15) is 0 Å². The number of nitro groups is 1. The number of carbonyl (C=O) groups excluding carboxylic acids is 1. The zero-order chi connectivity index (χ0) is 17.7. The summed E-state index contributed by atoms with van der Waals surface area (Å²) in [6, 6.07) is 5.67. The summed E-state index contributed by atoms with van der Waals surface area (Å²) in [5.74, 6) is 0.761. The van der Waals surface area contributed by atoms with Crippen LogP contribution in [0.15, 0.2) is 24.3 Å². The lowest BCUT2D eigenvalue weighted by Gasteiger charge is -2.35. The molecule has 3 N–H and O–H groups in total. The van der Waals surface area contributed by atoms with Gasteiger partial charge in [-0.05, 0) is 42.6 Å². The quantitative estimate of drug-likeness (QED) is 0.440. The topological polar surface area (TPSA) is 96.3 Å². The van der Waals surface area contributed by atoms with Crippen molar-refractivity contribution >= 4 is 28.9 Å². The molecule has 24 heavy (non-hydrogen) atoms. The van der Waals surface area contributed by atoms with Gasteiger partial charge in [0, 0.05) is 23.7 Å². The Bertz CT molecular complexity index is 620. The van der Waals surface area contributed by atoms with Crippen molar-refractivity contribution in [2.45, 2.75) is 39.2 Å². The molecule has 130 valence electrons. The molecule has 1 aliphatic rings. The molecule has 8 heteroatoms. The summed E-state index contributed by atoms with van der Waals surface area (Å²) in [4.78, 5) is 22.1. The molecule has 1 amide bonds. The van der Waals surface area contributed by atoms with Crippen molar-refractivity contribution in [2.75, 3.05) is 0 Å². The van der Waals surface area contributed by atoms with Crippen molar-refractivity contribution in [1.29, 1.82) is 0 Å². The van der Waals surface area contributed by atoms with Crippen LogP contribution in [-0.2, 0) is 0 Å². The van der Waals surface area contributed by atoms with Crippen molar-refractivity contribution in [3.05, 3.63) is 39.9 Å². The Balaban J connectivity index is 1.82. The highest BCUT2D eigenvalue weighted by Crippen LogP contribution is 2.29. The fourth-order valence-electron chi connectivity index (χ4n) is 2.91. The Hall–Kier alpha value is -2.22. The Morgan fingerprint density at radius 3 is 2.50 bits per heavy atom. The molecule has 0 bridgehead atoms. The number of hydrogen-bond acceptors (Lipinski definition) is 4. The van der Waals surface area contributed by atoms with Gasteiger partial charge in [0.25, 0.3) is 11.6 Å². The minimum Gasteiger partial charge on any atom is -0.358 e. The van der Waals surface area contributed by atoms with Crippen molar-refractivity contribution < 1.29 is 9.72 Å². The number of nitrogens with zero attached hydrogens (tertiary/aromatic N) is 1. The summed E-state index contributed by atoms with van der Waals surface area (Å²) < 4.78 is 0. The average molecular weight is 350 g/mol. The average Bonchev–Trinajstić information content (AvgIpc) is 2.57. The van der Waals surface area contributed by atoms with Gasteiger partial charge in [0.1, 0.15) is 0 Å². The van der Waals surface area contributed by atoms with E-state index in [0.29, 0.717) is 28.6 Å². The van der Waals surface area contributed by atoms with E-state index in [1.54, 1.807) is 0 Å². The molecule has 0 aliphatic heterocycles. The first kappa shape index (κ1) is 18.1. The molecule has 1 aromatic rings. The molecular weight excluding hydrogens is 328 g/mol. The largest absolute Gasteiger partial charge is 0.358 e. The second kappa shape index (κ2) is 8.05. The fraction of sp³-hybridized carbons (Fsp3) is 0.500. The van der Waals surface area contributed by atoms with E-state index in [2.05, 4.69) is 30.0 Å². The van der Waals surface area contributed by atoms with Crippen molar-refractivity contribution in [3.8, 4) is 0 Å². The first-order chi connectivity index (χ1) is 11.4. The molecule has 1 aromatic carbocycles. The van der Waals surface area contributed by atoms with E-state index in [-0.39, 0.29) is 5.69 Å². The Kier molecular flexibility index (Phi) is 6.08. The highest BCUT2D eigenvalue weighted by atomic mass is 32.1. The van der Waals surface area contributed by atoms with Gasteiger partial charge in [-0.15, -0.1) is 0 Å². The van der Waals surface area contributed by atoms with E-state index < -0.39 is 10.8 Å². The van der Waals surface area contributed by atoms with Gasteiger partial charge in [0.15, 0.2) is 5.11 Å². The number of non-ortho nitro benzene ring substituents is 1. The standard InChI is InChI=1S/C16H22N4O3S/c1-10-4-3-5-14(11(10)2)17-16(24)19-18-15(21)12-6-8-13(9-7-12)20(22)23/h6-11,14H,3-5H2,1-2H3,(H,18,21)(H2,17,19,24)/t10-,11-,14+/m1/s1.